The summed E-state index contributed by atoms with van der Waals surface area (Å²) < 4.78 is 7.04. The van der Waals surface area contributed by atoms with Crippen LogP contribution in [-0.4, -0.2) is 13.2 Å². The first-order valence-corrected chi connectivity index (χ1v) is 8.02. The van der Waals surface area contributed by atoms with Crippen LogP contribution < -0.4 is 10.1 Å². The van der Waals surface area contributed by atoms with Crippen molar-refractivity contribution in [3.63, 3.8) is 0 Å². The lowest BCUT2D eigenvalue weighted by Crippen LogP contribution is -2.29. The van der Waals surface area contributed by atoms with E-state index in [0.717, 1.165) is 29.8 Å². The zero-order chi connectivity index (χ0) is 14.0. The molecule has 0 saturated carbocycles. The average Bonchev–Trinajstić information content (AvgIpc) is 2.82. The van der Waals surface area contributed by atoms with Gasteiger partial charge in [-0.3, -0.25) is 0 Å². The molecule has 0 fully saturated rings. The second-order valence-electron chi connectivity index (χ2n) is 5.72. The van der Waals surface area contributed by atoms with E-state index in [9.17, 15) is 0 Å². The third-order valence-electron chi connectivity index (χ3n) is 4.11. The molecule has 3 heteroatoms. The molecule has 106 valence electrons. The molecule has 2 atom stereocenters. The number of benzene rings is 1. The van der Waals surface area contributed by atoms with E-state index in [1.807, 2.05) is 0 Å². The van der Waals surface area contributed by atoms with Gasteiger partial charge in [0.2, 0.25) is 0 Å². The van der Waals surface area contributed by atoms with E-state index in [2.05, 4.69) is 61.1 Å². The van der Waals surface area contributed by atoms with Crippen LogP contribution in [0.3, 0.4) is 0 Å². The van der Waals surface area contributed by atoms with Crippen molar-refractivity contribution in [3.05, 3.63) is 27.7 Å². The fourth-order valence-corrected chi connectivity index (χ4v) is 3.24. The molecule has 0 bridgehead atoms. The summed E-state index contributed by atoms with van der Waals surface area (Å²) in [7, 11) is 0. The Bertz CT molecular complexity index is 445. The fraction of sp³-hybridized carbons (Fsp3) is 0.625. The lowest BCUT2D eigenvalue weighted by molar-refractivity contribution is 0.292. The van der Waals surface area contributed by atoms with Crippen LogP contribution in [0.1, 0.15) is 44.9 Å². The quantitative estimate of drug-likeness (QED) is 0.870. The van der Waals surface area contributed by atoms with E-state index >= 15 is 0 Å². The van der Waals surface area contributed by atoms with Crippen LogP contribution in [0.15, 0.2) is 16.6 Å². The number of hydrogen-bond acceptors (Lipinski definition) is 2. The Balaban J connectivity index is 2.41. The second kappa shape index (κ2) is 6.27. The summed E-state index contributed by atoms with van der Waals surface area (Å²) >= 11 is 3.64. The Morgan fingerprint density at radius 3 is 2.68 bits per heavy atom. The van der Waals surface area contributed by atoms with Crippen LogP contribution >= 0.6 is 15.9 Å². The van der Waals surface area contributed by atoms with Crippen molar-refractivity contribution in [2.45, 2.75) is 40.2 Å². The maximum absolute atomic E-state index is 5.88. The Hall–Kier alpha value is -0.540. The molecule has 1 aliphatic heterocycles. The molecule has 0 saturated heterocycles. The molecule has 2 nitrogen and oxygen atoms in total. The van der Waals surface area contributed by atoms with E-state index in [4.69, 9.17) is 4.74 Å². The molecule has 1 aliphatic rings. The molecule has 0 aliphatic carbocycles. The third-order valence-corrected chi connectivity index (χ3v) is 4.57. The smallest absolute Gasteiger partial charge is 0.127 e. The van der Waals surface area contributed by atoms with E-state index < -0.39 is 0 Å². The molecule has 0 amide bonds. The van der Waals surface area contributed by atoms with Crippen molar-refractivity contribution < 1.29 is 4.74 Å². The van der Waals surface area contributed by atoms with Crippen LogP contribution in [0.25, 0.3) is 0 Å². The number of nitrogens with one attached hydrogen (secondary N) is 1. The fourth-order valence-electron chi connectivity index (χ4n) is 2.71. The molecule has 2 rings (SSSR count). The normalized spacial score (nSPS) is 17.2. The van der Waals surface area contributed by atoms with Gasteiger partial charge in [0, 0.05) is 22.5 Å². The van der Waals surface area contributed by atoms with E-state index in [0.29, 0.717) is 17.9 Å². The zero-order valence-corrected chi connectivity index (χ0v) is 13.9. The largest absolute Gasteiger partial charge is 0.493 e. The highest BCUT2D eigenvalue weighted by Crippen LogP contribution is 2.40. The predicted molar refractivity (Wildman–Crippen MR) is 83.8 cm³/mol. The molecule has 0 aromatic heterocycles. The first-order chi connectivity index (χ1) is 9.04. The molecule has 0 radical (unpaired) electrons. The van der Waals surface area contributed by atoms with Crippen molar-refractivity contribution in [2.75, 3.05) is 13.2 Å². The maximum atomic E-state index is 5.88. The SMILES string of the molecule is CCNC(c1cc(Br)cc2c1OCC2)C(C)C(C)C. The summed E-state index contributed by atoms with van der Waals surface area (Å²) in [5.41, 5.74) is 2.65. The molecule has 1 aromatic rings. The van der Waals surface area contributed by atoms with Crippen LogP contribution in [-0.2, 0) is 6.42 Å². The minimum Gasteiger partial charge on any atom is -0.493 e. The summed E-state index contributed by atoms with van der Waals surface area (Å²) in [5.74, 6) is 2.32. The molecule has 19 heavy (non-hydrogen) atoms. The first-order valence-electron chi connectivity index (χ1n) is 7.23. The highest BCUT2D eigenvalue weighted by atomic mass is 79.9. The van der Waals surface area contributed by atoms with Crippen LogP contribution in [0.5, 0.6) is 5.75 Å². The Morgan fingerprint density at radius 2 is 2.05 bits per heavy atom. The van der Waals surface area contributed by atoms with Crippen molar-refractivity contribution in [1.82, 2.24) is 5.32 Å². The maximum Gasteiger partial charge on any atom is 0.127 e. The number of ether oxygens (including phenoxy) is 1. The van der Waals surface area contributed by atoms with Crippen molar-refractivity contribution in [3.8, 4) is 5.75 Å². The van der Waals surface area contributed by atoms with E-state index in [1.54, 1.807) is 0 Å². The second-order valence-corrected chi connectivity index (χ2v) is 6.64. The van der Waals surface area contributed by atoms with Crippen LogP contribution in [0.2, 0.25) is 0 Å². The summed E-state index contributed by atoms with van der Waals surface area (Å²) in [6, 6.07) is 4.76. The van der Waals surface area contributed by atoms with Gasteiger partial charge in [0.05, 0.1) is 6.61 Å². The van der Waals surface area contributed by atoms with Crippen molar-refractivity contribution in [2.24, 2.45) is 11.8 Å². The van der Waals surface area contributed by atoms with Gasteiger partial charge in [0.15, 0.2) is 0 Å². The summed E-state index contributed by atoms with van der Waals surface area (Å²) in [6.07, 6.45) is 1.02. The van der Waals surface area contributed by atoms with Gasteiger partial charge in [-0.1, -0.05) is 43.6 Å². The molecule has 1 aromatic carbocycles. The summed E-state index contributed by atoms with van der Waals surface area (Å²) in [5, 5.41) is 3.64. The number of halogens is 1. The Morgan fingerprint density at radius 1 is 1.32 bits per heavy atom. The highest BCUT2D eigenvalue weighted by molar-refractivity contribution is 9.10. The molecular formula is C16H24BrNO. The standard InChI is InChI=1S/C16H24BrNO/c1-5-18-15(11(4)10(2)3)14-9-13(17)8-12-6-7-19-16(12)14/h8-11,15,18H,5-7H2,1-4H3. The van der Waals surface area contributed by atoms with Gasteiger partial charge < -0.3 is 10.1 Å². The topological polar surface area (TPSA) is 21.3 Å². The van der Waals surface area contributed by atoms with Gasteiger partial charge in [0.1, 0.15) is 5.75 Å². The van der Waals surface area contributed by atoms with Gasteiger partial charge >= 0.3 is 0 Å². The number of fused-ring (bicyclic) bond motifs is 1. The van der Waals surface area contributed by atoms with Gasteiger partial charge in [-0.25, -0.2) is 0 Å². The van der Waals surface area contributed by atoms with E-state index in [-0.39, 0.29) is 0 Å². The highest BCUT2D eigenvalue weighted by Gasteiger charge is 2.27. The Kier molecular flexibility index (Phi) is 4.91. The van der Waals surface area contributed by atoms with Gasteiger partial charge in [-0.15, -0.1) is 0 Å². The first kappa shape index (κ1) is 14.9. The molecule has 0 spiro atoms. The molecular weight excluding hydrogens is 302 g/mol. The van der Waals surface area contributed by atoms with Gasteiger partial charge in [-0.2, -0.15) is 0 Å². The third kappa shape index (κ3) is 3.14. The minimum atomic E-state index is 0.356. The molecule has 2 unspecified atom stereocenters. The molecule has 1 N–H and O–H groups in total. The average molecular weight is 326 g/mol. The van der Waals surface area contributed by atoms with E-state index in [1.165, 1.54) is 11.1 Å². The van der Waals surface area contributed by atoms with Gasteiger partial charge in [0.25, 0.3) is 0 Å². The summed E-state index contributed by atoms with van der Waals surface area (Å²) in [4.78, 5) is 0. The summed E-state index contributed by atoms with van der Waals surface area (Å²) in [6.45, 7) is 10.8. The van der Waals surface area contributed by atoms with Crippen LogP contribution in [0, 0.1) is 11.8 Å². The molecule has 1 heterocycles. The van der Waals surface area contributed by atoms with Crippen LogP contribution in [0.4, 0.5) is 0 Å². The zero-order valence-electron chi connectivity index (χ0n) is 12.3. The lowest BCUT2D eigenvalue weighted by Gasteiger charge is -2.29. The van der Waals surface area contributed by atoms with Crippen molar-refractivity contribution >= 4 is 15.9 Å². The van der Waals surface area contributed by atoms with Crippen molar-refractivity contribution in [1.29, 1.82) is 0 Å². The van der Waals surface area contributed by atoms with Gasteiger partial charge in [-0.05, 0) is 36.1 Å². The number of rotatable bonds is 5. The lowest BCUT2D eigenvalue weighted by atomic mass is 9.85. The predicted octanol–water partition coefficient (Wildman–Crippen LogP) is 4.33. The monoisotopic (exact) mass is 325 g/mol. The number of hydrogen-bond donors (Lipinski definition) is 1. The Labute approximate surface area is 125 Å². The minimum absolute atomic E-state index is 0.356.